The molecule has 0 spiro atoms. The van der Waals surface area contributed by atoms with E-state index in [1.54, 1.807) is 6.20 Å². The van der Waals surface area contributed by atoms with Gasteiger partial charge in [0.15, 0.2) is 5.65 Å². The molecule has 7 nitrogen and oxygen atoms in total. The molecule has 8 heteroatoms. The third kappa shape index (κ3) is 4.35. The van der Waals surface area contributed by atoms with Crippen LogP contribution in [-0.4, -0.2) is 39.9 Å². The monoisotopic (exact) mass is 500 g/mol. The Labute approximate surface area is 212 Å². The largest absolute Gasteiger partial charge is 0.458 e. The lowest BCUT2D eigenvalue weighted by Crippen LogP contribution is -2.68. The van der Waals surface area contributed by atoms with Crippen molar-refractivity contribution in [1.82, 2.24) is 19.5 Å². The van der Waals surface area contributed by atoms with E-state index in [1.165, 1.54) is 23.6 Å². The third-order valence-electron chi connectivity index (χ3n) is 7.03. The van der Waals surface area contributed by atoms with Crippen molar-refractivity contribution in [3.63, 3.8) is 0 Å². The summed E-state index contributed by atoms with van der Waals surface area (Å²) in [6, 6.07) is 21.6. The van der Waals surface area contributed by atoms with Gasteiger partial charge in [0.2, 0.25) is 0 Å². The van der Waals surface area contributed by atoms with Crippen molar-refractivity contribution in [2.45, 2.75) is 64.3 Å². The Morgan fingerprint density at radius 1 is 1.03 bits per heavy atom. The van der Waals surface area contributed by atoms with Gasteiger partial charge in [-0.2, -0.15) is 0 Å². The molecule has 2 aromatic carbocycles. The fourth-order valence-electron chi connectivity index (χ4n) is 5.33. The van der Waals surface area contributed by atoms with Gasteiger partial charge in [-0.05, 0) is 28.3 Å². The number of hydrogen-bond acceptors (Lipinski definition) is 6. The van der Waals surface area contributed by atoms with E-state index in [0.29, 0.717) is 11.3 Å². The second-order valence-corrected chi connectivity index (χ2v) is 14.7. The van der Waals surface area contributed by atoms with Crippen LogP contribution >= 0.6 is 0 Å². The number of benzene rings is 2. The minimum atomic E-state index is -2.61. The second-order valence-electron chi connectivity index (χ2n) is 10.4. The number of imidazole rings is 1. The van der Waals surface area contributed by atoms with E-state index in [2.05, 4.69) is 101 Å². The van der Waals surface area contributed by atoms with Crippen molar-refractivity contribution in [2.24, 2.45) is 0 Å². The highest BCUT2D eigenvalue weighted by Crippen LogP contribution is 2.44. The van der Waals surface area contributed by atoms with Gasteiger partial charge < -0.3 is 13.7 Å². The first kappa shape index (κ1) is 24.3. The maximum atomic E-state index is 11.5. The maximum Gasteiger partial charge on any atom is 0.303 e. The molecule has 1 aliphatic rings. The zero-order chi connectivity index (χ0) is 25.3. The second kappa shape index (κ2) is 9.59. The lowest BCUT2D eigenvalue weighted by molar-refractivity contribution is -0.142. The standard InChI is InChI=1S/C28H32N4O3Si/c1-20(33)34-18-26-31-25-17-29-19-30-27(25)32(26)21-15-22(16-21)35-36(28(2,3)4,23-11-7-5-8-12-23)24-13-9-6-10-14-24/h5-14,17,19,21-22H,15-16,18H2,1-4H3. The quantitative estimate of drug-likeness (QED) is 0.280. The van der Waals surface area contributed by atoms with Crippen molar-refractivity contribution in [2.75, 3.05) is 0 Å². The molecule has 186 valence electrons. The average Bonchev–Trinajstić information content (AvgIpc) is 3.20. The summed E-state index contributed by atoms with van der Waals surface area (Å²) in [5, 5.41) is 2.49. The first-order valence-corrected chi connectivity index (χ1v) is 14.3. The van der Waals surface area contributed by atoms with Gasteiger partial charge >= 0.3 is 5.97 Å². The van der Waals surface area contributed by atoms with Gasteiger partial charge in [0.1, 0.15) is 24.3 Å². The zero-order valence-electron chi connectivity index (χ0n) is 21.2. The van der Waals surface area contributed by atoms with Gasteiger partial charge in [0.05, 0.1) is 6.20 Å². The van der Waals surface area contributed by atoms with E-state index in [0.717, 1.165) is 18.5 Å². The van der Waals surface area contributed by atoms with Crippen LogP contribution in [0.5, 0.6) is 0 Å². The number of ether oxygens (including phenoxy) is 1. The molecule has 0 N–H and O–H groups in total. The van der Waals surface area contributed by atoms with Gasteiger partial charge in [0.25, 0.3) is 8.32 Å². The smallest absolute Gasteiger partial charge is 0.303 e. The van der Waals surface area contributed by atoms with Gasteiger partial charge in [0, 0.05) is 19.1 Å². The van der Waals surface area contributed by atoms with Crippen molar-refractivity contribution < 1.29 is 14.0 Å². The summed E-state index contributed by atoms with van der Waals surface area (Å²) >= 11 is 0. The molecule has 2 heterocycles. The van der Waals surface area contributed by atoms with Gasteiger partial charge in [-0.1, -0.05) is 81.4 Å². The Morgan fingerprint density at radius 2 is 1.64 bits per heavy atom. The van der Waals surface area contributed by atoms with Crippen LogP contribution in [0.2, 0.25) is 5.04 Å². The van der Waals surface area contributed by atoms with Crippen LogP contribution in [0.4, 0.5) is 0 Å². The minimum absolute atomic E-state index is 0.0732. The van der Waals surface area contributed by atoms with Crippen molar-refractivity contribution >= 4 is 35.8 Å². The normalized spacial score (nSPS) is 18.1. The van der Waals surface area contributed by atoms with Gasteiger partial charge in [-0.25, -0.2) is 15.0 Å². The molecule has 1 aliphatic carbocycles. The average molecular weight is 501 g/mol. The van der Waals surface area contributed by atoms with Crippen LogP contribution < -0.4 is 10.4 Å². The molecule has 0 unspecified atom stereocenters. The van der Waals surface area contributed by atoms with Crippen LogP contribution in [-0.2, 0) is 20.6 Å². The molecule has 5 rings (SSSR count). The highest BCUT2D eigenvalue weighted by molar-refractivity contribution is 6.99. The predicted octanol–water partition coefficient (Wildman–Crippen LogP) is 4.17. The van der Waals surface area contributed by atoms with Crippen LogP contribution in [0, 0.1) is 0 Å². The summed E-state index contributed by atoms with van der Waals surface area (Å²) in [4.78, 5) is 24.7. The zero-order valence-corrected chi connectivity index (χ0v) is 22.2. The molecule has 0 atom stereocenters. The number of fused-ring (bicyclic) bond motifs is 1. The summed E-state index contributed by atoms with van der Waals surface area (Å²) in [7, 11) is -2.61. The fourth-order valence-corrected chi connectivity index (χ4v) is 10.0. The molecule has 4 aromatic rings. The molecule has 0 radical (unpaired) electrons. The van der Waals surface area contributed by atoms with Crippen molar-refractivity contribution in [3.05, 3.63) is 79.0 Å². The molecule has 0 aliphatic heterocycles. The van der Waals surface area contributed by atoms with Crippen LogP contribution in [0.15, 0.2) is 73.2 Å². The molecular formula is C28H32N4O3Si. The molecule has 1 fully saturated rings. The number of carbonyl (C=O) groups is 1. The number of rotatable bonds is 7. The predicted molar refractivity (Wildman–Crippen MR) is 142 cm³/mol. The van der Waals surface area contributed by atoms with E-state index in [9.17, 15) is 4.79 Å². The number of carbonyl (C=O) groups excluding carboxylic acids is 1. The summed E-state index contributed by atoms with van der Waals surface area (Å²) in [5.41, 5.74) is 1.47. The SMILES string of the molecule is CC(=O)OCc1nc2cncnc2n1C1CC(O[Si](c2ccccc2)(c2ccccc2)C(C)(C)C)C1. The van der Waals surface area contributed by atoms with E-state index < -0.39 is 8.32 Å². The summed E-state index contributed by atoms with van der Waals surface area (Å²) in [6.07, 6.45) is 5.01. The van der Waals surface area contributed by atoms with Crippen molar-refractivity contribution in [3.8, 4) is 0 Å². The lowest BCUT2D eigenvalue weighted by atomic mass is 9.89. The number of nitrogens with zero attached hydrogens (tertiary/aromatic N) is 4. The first-order chi connectivity index (χ1) is 17.3. The molecule has 0 amide bonds. The van der Waals surface area contributed by atoms with Crippen molar-refractivity contribution in [1.29, 1.82) is 0 Å². The fraction of sp³-hybridized carbons (Fsp3) is 0.357. The minimum Gasteiger partial charge on any atom is -0.458 e. The van der Waals surface area contributed by atoms with E-state index >= 15 is 0 Å². The first-order valence-electron chi connectivity index (χ1n) is 12.4. The summed E-state index contributed by atoms with van der Waals surface area (Å²) < 4.78 is 14.7. The molecule has 2 aromatic heterocycles. The lowest BCUT2D eigenvalue weighted by Gasteiger charge is -2.49. The number of hydrogen-bond donors (Lipinski definition) is 0. The van der Waals surface area contributed by atoms with E-state index in [-0.39, 0.29) is 29.8 Å². The highest BCUT2D eigenvalue weighted by Gasteiger charge is 2.53. The summed E-state index contributed by atoms with van der Waals surface area (Å²) in [5.74, 6) is 0.357. The molecule has 36 heavy (non-hydrogen) atoms. The molecule has 0 bridgehead atoms. The Bertz CT molecular complexity index is 1310. The maximum absolute atomic E-state index is 11.5. The topological polar surface area (TPSA) is 79.1 Å². The number of aromatic nitrogens is 4. The van der Waals surface area contributed by atoms with Gasteiger partial charge in [-0.15, -0.1) is 0 Å². The molecule has 0 saturated heterocycles. The number of esters is 1. The highest BCUT2D eigenvalue weighted by atomic mass is 28.4. The van der Waals surface area contributed by atoms with Crippen LogP contribution in [0.3, 0.4) is 0 Å². The Hall–Kier alpha value is -3.36. The van der Waals surface area contributed by atoms with Crippen LogP contribution in [0.1, 0.15) is 52.4 Å². The Kier molecular flexibility index (Phi) is 6.49. The molecule has 1 saturated carbocycles. The van der Waals surface area contributed by atoms with Gasteiger partial charge in [-0.3, -0.25) is 4.79 Å². The third-order valence-corrected chi connectivity index (χ3v) is 12.1. The Balaban J connectivity index is 1.47. The Morgan fingerprint density at radius 3 is 2.19 bits per heavy atom. The van der Waals surface area contributed by atoms with E-state index in [1.807, 2.05) is 0 Å². The molecular weight excluding hydrogens is 468 g/mol. The summed E-state index contributed by atoms with van der Waals surface area (Å²) in [6.45, 7) is 8.42. The van der Waals surface area contributed by atoms with E-state index in [4.69, 9.17) is 9.16 Å². The van der Waals surface area contributed by atoms with Crippen LogP contribution in [0.25, 0.3) is 11.2 Å².